The van der Waals surface area contributed by atoms with E-state index in [2.05, 4.69) is 0 Å². The first kappa shape index (κ1) is 13.3. The lowest BCUT2D eigenvalue weighted by atomic mass is 10.1. The smallest absolute Gasteiger partial charge is 0.336 e. The van der Waals surface area contributed by atoms with Crippen molar-refractivity contribution in [3.05, 3.63) is 39.7 Å². The minimum absolute atomic E-state index is 0.328. The van der Waals surface area contributed by atoms with Gasteiger partial charge in [-0.05, 0) is 31.0 Å². The Kier molecular flexibility index (Phi) is 4.32. The van der Waals surface area contributed by atoms with E-state index in [0.29, 0.717) is 5.58 Å². The highest BCUT2D eigenvalue weighted by Crippen LogP contribution is 2.25. The molecule has 0 fully saturated rings. The highest BCUT2D eigenvalue weighted by atomic mass is 16.5. The van der Waals surface area contributed by atoms with Crippen LogP contribution in [-0.2, 0) is 0 Å². The van der Waals surface area contributed by atoms with Crippen LogP contribution in [0.5, 0.6) is 5.75 Å². The van der Waals surface area contributed by atoms with Crippen LogP contribution in [0.3, 0.4) is 0 Å². The van der Waals surface area contributed by atoms with Crippen LogP contribution in [0.15, 0.2) is 27.4 Å². The van der Waals surface area contributed by atoms with Gasteiger partial charge in [-0.2, -0.15) is 0 Å². The van der Waals surface area contributed by atoms with Crippen LogP contribution in [0.2, 0.25) is 0 Å². The van der Waals surface area contributed by atoms with Crippen LogP contribution >= 0.6 is 0 Å². The molecule has 1 aromatic heterocycles. The topological polar surface area (TPSA) is 39.4 Å². The van der Waals surface area contributed by atoms with Gasteiger partial charge in [-0.15, -0.1) is 0 Å². The van der Waals surface area contributed by atoms with Crippen LogP contribution in [0.25, 0.3) is 11.0 Å². The van der Waals surface area contributed by atoms with E-state index in [0.717, 1.165) is 22.3 Å². The zero-order valence-electron chi connectivity index (χ0n) is 11.0. The summed E-state index contributed by atoms with van der Waals surface area (Å²) in [7, 11) is 1.60. The molecule has 0 spiro atoms. The van der Waals surface area contributed by atoms with Crippen molar-refractivity contribution in [3.8, 4) is 5.75 Å². The zero-order chi connectivity index (χ0) is 13.0. The first-order valence-corrected chi connectivity index (χ1v) is 5.71. The molecule has 2 aromatic rings. The molecule has 17 heavy (non-hydrogen) atoms. The van der Waals surface area contributed by atoms with Crippen molar-refractivity contribution in [1.82, 2.24) is 0 Å². The van der Waals surface area contributed by atoms with Gasteiger partial charge in [0.15, 0.2) is 0 Å². The standard InChI is InChI=1S/C12H12O3.C2H6/c1-7-5-12(13)15-11-6-10(14-3)8(2)4-9(7)11;1-2/h4-6H,1-3H3;1-2H3. The molecule has 0 aliphatic carbocycles. The van der Waals surface area contributed by atoms with E-state index >= 15 is 0 Å². The van der Waals surface area contributed by atoms with Gasteiger partial charge in [0, 0.05) is 17.5 Å². The van der Waals surface area contributed by atoms with Crippen LogP contribution in [-0.4, -0.2) is 7.11 Å². The van der Waals surface area contributed by atoms with Gasteiger partial charge in [0.2, 0.25) is 0 Å². The molecule has 0 N–H and O–H groups in total. The highest BCUT2D eigenvalue weighted by molar-refractivity contribution is 5.82. The van der Waals surface area contributed by atoms with Crippen molar-refractivity contribution in [2.75, 3.05) is 7.11 Å². The summed E-state index contributed by atoms with van der Waals surface area (Å²) in [5.41, 5.74) is 2.20. The summed E-state index contributed by atoms with van der Waals surface area (Å²) >= 11 is 0. The minimum Gasteiger partial charge on any atom is -0.496 e. The first-order chi connectivity index (χ1) is 8.11. The molecule has 92 valence electrons. The average Bonchev–Trinajstić information content (AvgIpc) is 2.32. The van der Waals surface area contributed by atoms with Crippen molar-refractivity contribution in [2.45, 2.75) is 27.7 Å². The third-order valence-electron chi connectivity index (χ3n) is 2.47. The largest absolute Gasteiger partial charge is 0.496 e. The van der Waals surface area contributed by atoms with Gasteiger partial charge in [0.05, 0.1) is 7.11 Å². The molecular weight excluding hydrogens is 216 g/mol. The van der Waals surface area contributed by atoms with Gasteiger partial charge in [-0.1, -0.05) is 13.8 Å². The molecule has 3 nitrogen and oxygen atoms in total. The number of hydrogen-bond acceptors (Lipinski definition) is 3. The van der Waals surface area contributed by atoms with E-state index in [1.807, 2.05) is 33.8 Å². The third kappa shape index (κ3) is 2.67. The molecule has 1 aromatic carbocycles. The number of aryl methyl sites for hydroxylation is 2. The predicted octanol–water partition coefficient (Wildman–Crippen LogP) is 3.44. The van der Waals surface area contributed by atoms with Crippen molar-refractivity contribution >= 4 is 11.0 Å². The van der Waals surface area contributed by atoms with Crippen molar-refractivity contribution in [2.24, 2.45) is 0 Å². The Morgan fingerprint density at radius 1 is 1.06 bits per heavy atom. The second kappa shape index (κ2) is 5.53. The molecule has 0 unspecified atom stereocenters. The second-order valence-electron chi connectivity index (χ2n) is 3.57. The van der Waals surface area contributed by atoms with Crippen LogP contribution in [0.4, 0.5) is 0 Å². The van der Waals surface area contributed by atoms with Gasteiger partial charge in [-0.25, -0.2) is 4.79 Å². The summed E-state index contributed by atoms with van der Waals surface area (Å²) in [6.07, 6.45) is 0. The average molecular weight is 234 g/mol. The number of hydrogen-bond donors (Lipinski definition) is 0. The summed E-state index contributed by atoms with van der Waals surface area (Å²) in [4.78, 5) is 11.2. The van der Waals surface area contributed by atoms with Gasteiger partial charge >= 0.3 is 5.63 Å². The maximum atomic E-state index is 11.2. The maximum absolute atomic E-state index is 11.2. The molecule has 0 bridgehead atoms. The molecule has 2 rings (SSSR count). The van der Waals surface area contributed by atoms with Gasteiger partial charge in [0.1, 0.15) is 11.3 Å². The quantitative estimate of drug-likeness (QED) is 0.709. The Labute approximate surface area is 101 Å². The molecule has 0 amide bonds. The van der Waals surface area contributed by atoms with E-state index in [4.69, 9.17) is 9.15 Å². The van der Waals surface area contributed by atoms with Crippen molar-refractivity contribution in [3.63, 3.8) is 0 Å². The first-order valence-electron chi connectivity index (χ1n) is 5.71. The van der Waals surface area contributed by atoms with E-state index in [9.17, 15) is 4.79 Å². The van der Waals surface area contributed by atoms with Crippen LogP contribution in [0.1, 0.15) is 25.0 Å². The molecule has 0 saturated heterocycles. The van der Waals surface area contributed by atoms with Crippen LogP contribution in [0, 0.1) is 13.8 Å². The summed E-state index contributed by atoms with van der Waals surface area (Å²) in [5.74, 6) is 0.733. The molecule has 0 aliphatic rings. The number of benzene rings is 1. The number of rotatable bonds is 1. The second-order valence-corrected chi connectivity index (χ2v) is 3.57. The fraction of sp³-hybridized carbons (Fsp3) is 0.357. The Hall–Kier alpha value is -1.77. The Balaban J connectivity index is 0.000000686. The van der Waals surface area contributed by atoms with Crippen molar-refractivity contribution < 1.29 is 9.15 Å². The minimum atomic E-state index is -0.328. The predicted molar refractivity (Wildman–Crippen MR) is 69.9 cm³/mol. The number of ether oxygens (including phenoxy) is 1. The molecule has 0 saturated carbocycles. The monoisotopic (exact) mass is 234 g/mol. The Morgan fingerprint density at radius 2 is 1.71 bits per heavy atom. The summed E-state index contributed by atoms with van der Waals surface area (Å²) in [6.45, 7) is 7.86. The van der Waals surface area contributed by atoms with Crippen molar-refractivity contribution in [1.29, 1.82) is 0 Å². The highest BCUT2D eigenvalue weighted by Gasteiger charge is 2.06. The lowest BCUT2D eigenvalue weighted by Gasteiger charge is -2.06. The van der Waals surface area contributed by atoms with E-state index in [1.165, 1.54) is 6.07 Å². The van der Waals surface area contributed by atoms with Gasteiger partial charge in [-0.3, -0.25) is 0 Å². The summed E-state index contributed by atoms with van der Waals surface area (Å²) < 4.78 is 10.3. The number of fused-ring (bicyclic) bond motifs is 1. The Bertz CT molecular complexity index is 567. The molecule has 3 heteroatoms. The molecule has 0 radical (unpaired) electrons. The number of methoxy groups -OCH3 is 1. The molecule has 0 aliphatic heterocycles. The summed E-state index contributed by atoms with van der Waals surface area (Å²) in [6, 6.07) is 5.21. The van der Waals surface area contributed by atoms with E-state index in [1.54, 1.807) is 13.2 Å². The lowest BCUT2D eigenvalue weighted by molar-refractivity contribution is 0.411. The van der Waals surface area contributed by atoms with Gasteiger partial charge in [0.25, 0.3) is 0 Å². The van der Waals surface area contributed by atoms with Gasteiger partial charge < -0.3 is 9.15 Å². The third-order valence-corrected chi connectivity index (χ3v) is 2.47. The fourth-order valence-electron chi connectivity index (χ4n) is 1.67. The normalized spacial score (nSPS) is 9.71. The van der Waals surface area contributed by atoms with E-state index < -0.39 is 0 Å². The fourth-order valence-corrected chi connectivity index (χ4v) is 1.67. The Morgan fingerprint density at radius 3 is 2.29 bits per heavy atom. The van der Waals surface area contributed by atoms with E-state index in [-0.39, 0.29) is 5.63 Å². The molecule has 0 atom stereocenters. The maximum Gasteiger partial charge on any atom is 0.336 e. The SMILES string of the molecule is CC.COc1cc2oc(=O)cc(C)c2cc1C. The molecular formula is C14H18O3. The zero-order valence-corrected chi connectivity index (χ0v) is 11.0. The summed E-state index contributed by atoms with van der Waals surface area (Å²) in [5, 5.41) is 0.952. The van der Waals surface area contributed by atoms with Crippen LogP contribution < -0.4 is 10.4 Å². The molecule has 1 heterocycles. The lowest BCUT2D eigenvalue weighted by Crippen LogP contribution is -1.98.